The molecular formula is C49H45N7O16P2S2. The number of nitrogens with zero attached hydrogens (tertiary/aromatic N) is 5. The summed E-state index contributed by atoms with van der Waals surface area (Å²) in [4.78, 5) is 77.4. The Morgan fingerprint density at radius 1 is 0.789 bits per heavy atom. The third-order valence-corrected chi connectivity index (χ3v) is 19.7. The number of imidazole rings is 1. The third-order valence-electron chi connectivity index (χ3n) is 12.4. The molecule has 394 valence electrons. The van der Waals surface area contributed by atoms with Crippen molar-refractivity contribution in [3.8, 4) is 11.5 Å². The lowest BCUT2D eigenvalue weighted by atomic mass is 10.0. The summed E-state index contributed by atoms with van der Waals surface area (Å²) in [7, 11) is 1.39. The molecule has 10 rings (SSSR count). The zero-order valence-corrected chi connectivity index (χ0v) is 43.2. The molecule has 6 heterocycles. The first-order chi connectivity index (χ1) is 36.7. The molecule has 3 saturated heterocycles. The lowest BCUT2D eigenvalue weighted by Gasteiger charge is -2.29. The Bertz CT molecular complexity index is 3500. The van der Waals surface area contributed by atoms with Crippen LogP contribution in [0, 0.1) is 0 Å². The van der Waals surface area contributed by atoms with E-state index in [-0.39, 0.29) is 57.8 Å². The van der Waals surface area contributed by atoms with Gasteiger partial charge in [-0.15, -0.1) is 0 Å². The van der Waals surface area contributed by atoms with Gasteiger partial charge in [-0.25, -0.2) is 33.7 Å². The van der Waals surface area contributed by atoms with E-state index in [1.807, 2.05) is 0 Å². The number of benzene rings is 4. The summed E-state index contributed by atoms with van der Waals surface area (Å²) in [5.41, 5.74) is 7.82. The quantitative estimate of drug-likeness (QED) is 0.0324. The molecule has 4 aromatic carbocycles. The van der Waals surface area contributed by atoms with Crippen LogP contribution < -0.4 is 21.7 Å². The smallest absolute Gasteiger partial charge is 0.390 e. The summed E-state index contributed by atoms with van der Waals surface area (Å²) in [6, 6.07) is 26.0. The van der Waals surface area contributed by atoms with Gasteiger partial charge < -0.3 is 29.8 Å². The number of hydrogen-bond acceptors (Lipinski definition) is 22. The minimum absolute atomic E-state index is 0.0185. The Morgan fingerprint density at radius 2 is 1.42 bits per heavy atom. The number of phenolic OH excluding ortho intramolecular Hbond substituents is 1. The number of aromatic hydroxyl groups is 1. The minimum Gasteiger partial charge on any atom is -0.508 e. The Kier molecular flexibility index (Phi) is 15.7. The highest BCUT2D eigenvalue weighted by atomic mass is 32.7. The fraction of sp³-hybridized carbons (Fsp3) is 0.265. The lowest BCUT2D eigenvalue weighted by molar-refractivity contribution is -0.0581. The summed E-state index contributed by atoms with van der Waals surface area (Å²) >= 11 is 1.64. The van der Waals surface area contributed by atoms with Crippen molar-refractivity contribution in [1.29, 1.82) is 0 Å². The highest BCUT2D eigenvalue weighted by Gasteiger charge is 2.53. The molecule has 9 atom stereocenters. The van der Waals surface area contributed by atoms with Crippen LogP contribution in [0.1, 0.15) is 66.6 Å². The summed E-state index contributed by atoms with van der Waals surface area (Å²) in [6.07, 6.45) is -3.70. The van der Waals surface area contributed by atoms with Crippen LogP contribution in [0.25, 0.3) is 11.2 Å². The fourth-order valence-corrected chi connectivity index (χ4v) is 15.3. The second-order valence-electron chi connectivity index (χ2n) is 17.3. The Labute approximate surface area is 438 Å². The molecule has 0 spiro atoms. The van der Waals surface area contributed by atoms with Gasteiger partial charge in [0.05, 0.1) is 25.1 Å². The molecule has 27 heteroatoms. The van der Waals surface area contributed by atoms with Crippen molar-refractivity contribution in [2.24, 2.45) is 0 Å². The molecule has 7 aromatic rings. The number of anilines is 1. The highest BCUT2D eigenvalue weighted by molar-refractivity contribution is 8.55. The number of esters is 1. The monoisotopic (exact) mass is 1110 g/mol. The van der Waals surface area contributed by atoms with E-state index in [9.17, 15) is 29.1 Å². The number of hydrogen-bond donors (Lipinski definition) is 3. The molecule has 3 fully saturated rings. The van der Waals surface area contributed by atoms with Crippen LogP contribution in [0.3, 0.4) is 0 Å². The second kappa shape index (κ2) is 22.5. The average molecular weight is 1110 g/mol. The molecule has 2 bridgehead atoms. The molecule has 3 aliphatic rings. The molecule has 3 aromatic heterocycles. The molecular weight excluding hydrogens is 1070 g/mol. The SMILES string of the molecule is CO[C@H]1[C@H]2OP(=O)(SCc3ccc(C(=O)c4ccc(O)cc4)cc3)OC[C@H]3O[C@@H](n4ccc(=O)[nH]c4=O)C[C@@H]3OP(=O)(SCc3ccc(OC(=O)c4ccc(C=O)cc4)cc3)OC[C@H]1O[C@H]2n1cnc2c(N)ncnc21. The van der Waals surface area contributed by atoms with E-state index in [4.69, 9.17) is 42.8 Å². The highest BCUT2D eigenvalue weighted by Crippen LogP contribution is 2.67. The predicted octanol–water partition coefficient (Wildman–Crippen LogP) is 7.03. The predicted molar refractivity (Wildman–Crippen MR) is 275 cm³/mol. The average Bonchev–Trinajstić information content (AvgIpc) is 4.16. The molecule has 0 saturated carbocycles. The standard InChI is InChI=1S/C49H45N7O16P2S2/c1-65-43-38-23-67-73(63,75-25-30-6-16-35(17-7-30)68-48(61)33-10-2-28(21-57)3-11-33)71-36-20-40(55-19-18-39(59)54-49(55)62)69-37(36)22-66-74(64,72-44(43)47(70-38)56-27-53-41-45(50)51-26-52-46(41)56)76-24-29-4-8-31(9-5-29)42(60)32-12-14-34(58)15-13-32/h2-19,21,26-27,36-38,40,43-44,47,58H,20,22-25H2,1H3,(H2,50,51,52)(H,54,59,62)/t36-,37+,38+,40+,43+,44+,47+,73?,74?/m0/s1. The van der Waals surface area contributed by atoms with Gasteiger partial charge in [-0.05, 0) is 82.4 Å². The van der Waals surface area contributed by atoms with Gasteiger partial charge >= 0.3 is 25.3 Å². The number of aromatic nitrogens is 6. The van der Waals surface area contributed by atoms with Gasteiger partial charge in [0.1, 0.15) is 66.4 Å². The van der Waals surface area contributed by atoms with Crippen LogP contribution in [0.4, 0.5) is 5.82 Å². The number of phenols is 1. The maximum absolute atomic E-state index is 15.5. The van der Waals surface area contributed by atoms with Gasteiger partial charge in [0.15, 0.2) is 23.5 Å². The summed E-state index contributed by atoms with van der Waals surface area (Å²) < 4.78 is 83.7. The van der Waals surface area contributed by atoms with E-state index < -0.39 is 87.0 Å². The summed E-state index contributed by atoms with van der Waals surface area (Å²) in [5.74, 6) is -0.555. The van der Waals surface area contributed by atoms with Gasteiger partial charge in [-0.3, -0.25) is 46.6 Å². The number of carbonyl (C=O) groups excluding carboxylic acids is 3. The first-order valence-corrected chi connectivity index (χ1v) is 29.5. The Balaban J connectivity index is 0.956. The number of ketones is 1. The largest absolute Gasteiger partial charge is 0.508 e. The molecule has 0 aliphatic carbocycles. The zero-order chi connectivity index (χ0) is 53.1. The zero-order valence-electron chi connectivity index (χ0n) is 39.8. The number of ether oxygens (including phenoxy) is 4. The number of aromatic amines is 1. The number of rotatable bonds is 14. The van der Waals surface area contributed by atoms with Gasteiger partial charge in [0.25, 0.3) is 5.56 Å². The van der Waals surface area contributed by atoms with E-state index in [1.165, 1.54) is 79.1 Å². The van der Waals surface area contributed by atoms with Crippen LogP contribution in [0.2, 0.25) is 0 Å². The van der Waals surface area contributed by atoms with Crippen LogP contribution in [0.5, 0.6) is 11.5 Å². The van der Waals surface area contributed by atoms with E-state index >= 15 is 9.13 Å². The van der Waals surface area contributed by atoms with Crippen molar-refractivity contribution in [2.45, 2.75) is 60.9 Å². The Morgan fingerprint density at radius 3 is 2.08 bits per heavy atom. The fourth-order valence-electron chi connectivity index (χ4n) is 8.50. The van der Waals surface area contributed by atoms with Crippen LogP contribution in [0.15, 0.2) is 132 Å². The van der Waals surface area contributed by atoms with E-state index in [0.717, 1.165) is 33.4 Å². The molecule has 76 heavy (non-hydrogen) atoms. The molecule has 4 N–H and O–H groups in total. The van der Waals surface area contributed by atoms with Crippen molar-refractivity contribution in [3.05, 3.63) is 176 Å². The van der Waals surface area contributed by atoms with Gasteiger partial charge in [0.2, 0.25) is 0 Å². The maximum Gasteiger partial charge on any atom is 0.390 e. The second-order valence-corrected chi connectivity index (χ2v) is 25.4. The van der Waals surface area contributed by atoms with Gasteiger partial charge in [-0.2, -0.15) is 0 Å². The van der Waals surface area contributed by atoms with Crippen molar-refractivity contribution in [3.63, 3.8) is 0 Å². The number of nitrogen functional groups attached to an aromatic ring is 1. The number of fused-ring (bicyclic) bond motifs is 4. The number of aldehydes is 1. The van der Waals surface area contributed by atoms with Crippen molar-refractivity contribution in [2.75, 3.05) is 26.1 Å². The van der Waals surface area contributed by atoms with Crippen LogP contribution in [-0.4, -0.2) is 103 Å². The molecule has 0 amide bonds. The van der Waals surface area contributed by atoms with Crippen molar-refractivity contribution in [1.82, 2.24) is 29.1 Å². The molecule has 2 unspecified atom stereocenters. The van der Waals surface area contributed by atoms with Gasteiger partial charge in [0, 0.05) is 54.0 Å². The molecule has 23 nitrogen and oxygen atoms in total. The number of H-pyrrole nitrogens is 1. The topological polar surface area (TPSA) is 304 Å². The summed E-state index contributed by atoms with van der Waals surface area (Å²) in [6.45, 7) is -9.77. The third kappa shape index (κ3) is 11.7. The van der Waals surface area contributed by atoms with Gasteiger partial charge in [-0.1, -0.05) is 48.5 Å². The van der Waals surface area contributed by atoms with Crippen molar-refractivity contribution >= 4 is 71.4 Å². The Hall–Kier alpha value is -6.60. The number of nitrogens with one attached hydrogen (secondary N) is 1. The van der Waals surface area contributed by atoms with Crippen LogP contribution >= 0.6 is 36.4 Å². The van der Waals surface area contributed by atoms with Crippen molar-refractivity contribution < 1.29 is 65.7 Å². The molecule has 3 aliphatic heterocycles. The first-order valence-electron chi connectivity index (χ1n) is 23.2. The maximum atomic E-state index is 15.5. The number of nitrogens with two attached hydrogens (primary N) is 1. The number of carbonyl (C=O) groups is 3. The first kappa shape index (κ1) is 52.8. The lowest BCUT2D eigenvalue weighted by Crippen LogP contribution is -2.37. The van der Waals surface area contributed by atoms with Crippen LogP contribution in [-0.2, 0) is 52.9 Å². The minimum atomic E-state index is -4.45. The summed E-state index contributed by atoms with van der Waals surface area (Å²) in [5, 5.41) is 9.71. The van der Waals surface area contributed by atoms with E-state index in [1.54, 1.807) is 48.5 Å². The number of methoxy groups -OCH3 is 1. The molecule has 0 radical (unpaired) electrons. The normalized spacial score (nSPS) is 25.7. The van der Waals surface area contributed by atoms with E-state index in [0.29, 0.717) is 34.1 Å². The van der Waals surface area contributed by atoms with E-state index in [2.05, 4.69) is 19.9 Å².